The van der Waals surface area contributed by atoms with Gasteiger partial charge >= 0.3 is 0 Å². The molecular weight excluding hydrogens is 408 g/mol. The van der Waals surface area contributed by atoms with E-state index in [4.69, 9.17) is 11.6 Å². The Hall–Kier alpha value is -2.90. The Labute approximate surface area is 177 Å². The van der Waals surface area contributed by atoms with Crippen LogP contribution in [0.5, 0.6) is 0 Å². The normalized spacial score (nSPS) is 14.2. The highest BCUT2D eigenvalue weighted by Crippen LogP contribution is 2.32. The van der Waals surface area contributed by atoms with Crippen molar-refractivity contribution < 1.29 is 9.59 Å². The third-order valence-corrected chi connectivity index (χ3v) is 5.51. The minimum atomic E-state index is -0.236. The van der Waals surface area contributed by atoms with Gasteiger partial charge in [0.2, 0.25) is 0 Å². The Balaban J connectivity index is 1.67. The Bertz CT molecular complexity index is 1150. The zero-order valence-electron chi connectivity index (χ0n) is 15.8. The van der Waals surface area contributed by atoms with E-state index in [0.717, 1.165) is 11.4 Å². The number of anilines is 1. The minimum absolute atomic E-state index is 0.109. The highest BCUT2D eigenvalue weighted by Gasteiger charge is 2.27. The van der Waals surface area contributed by atoms with E-state index < -0.39 is 0 Å². The highest BCUT2D eigenvalue weighted by atomic mass is 35.5. The molecule has 1 aliphatic heterocycles. The molecule has 146 valence electrons. The molecule has 4 rings (SSSR count). The maximum Gasteiger partial charge on any atom is 0.257 e. The van der Waals surface area contributed by atoms with Crippen molar-refractivity contribution in [2.75, 3.05) is 11.1 Å². The van der Waals surface area contributed by atoms with Crippen LogP contribution in [0, 0.1) is 0 Å². The number of amides is 1. The summed E-state index contributed by atoms with van der Waals surface area (Å²) in [4.78, 5) is 33.9. The summed E-state index contributed by atoms with van der Waals surface area (Å²) in [5, 5.41) is 3.99. The predicted octanol–water partition coefficient (Wildman–Crippen LogP) is 4.30. The van der Waals surface area contributed by atoms with Gasteiger partial charge in [0.05, 0.1) is 5.57 Å². The molecule has 1 aliphatic rings. The number of benzene rings is 1. The smallest absolute Gasteiger partial charge is 0.257 e. The molecule has 0 bridgehead atoms. The summed E-state index contributed by atoms with van der Waals surface area (Å²) in [6.45, 7) is 2.02. The number of hydrogen-bond donors (Lipinski definition) is 1. The maximum atomic E-state index is 12.7. The average molecular weight is 425 g/mol. The molecule has 3 heterocycles. The van der Waals surface area contributed by atoms with E-state index in [-0.39, 0.29) is 11.7 Å². The molecule has 3 aromatic rings. The molecule has 2 aromatic heterocycles. The number of aryl methyl sites for hydroxylation is 1. The third kappa shape index (κ3) is 3.83. The van der Waals surface area contributed by atoms with Crippen LogP contribution in [-0.2, 0) is 11.8 Å². The standard InChI is InChI=1S/C21H17ClN4O2S/c1-3-29-21-23-10-17-16(20(28)24-19(17)25-21)9-15-8-13(11-26(15)2)18(27)12-4-6-14(22)7-5-12/h4-11H,3H2,1-2H3,(H,23,24,25,28). The van der Waals surface area contributed by atoms with Crippen LogP contribution >= 0.6 is 23.4 Å². The molecule has 0 saturated heterocycles. The average Bonchev–Trinajstić information content (AvgIpc) is 3.22. The summed E-state index contributed by atoms with van der Waals surface area (Å²) in [5.74, 6) is 1.02. The second-order valence-corrected chi connectivity index (χ2v) is 8.13. The molecule has 0 fully saturated rings. The lowest BCUT2D eigenvalue weighted by Gasteiger charge is -2.01. The summed E-state index contributed by atoms with van der Waals surface area (Å²) in [7, 11) is 1.83. The van der Waals surface area contributed by atoms with Gasteiger partial charge in [-0.15, -0.1) is 0 Å². The molecule has 0 unspecified atom stereocenters. The Morgan fingerprint density at radius 3 is 2.76 bits per heavy atom. The second kappa shape index (κ2) is 7.85. The quantitative estimate of drug-likeness (QED) is 0.286. The van der Waals surface area contributed by atoms with Crippen LogP contribution in [0.25, 0.3) is 11.6 Å². The van der Waals surface area contributed by atoms with Gasteiger partial charge in [-0.3, -0.25) is 9.59 Å². The third-order valence-electron chi connectivity index (χ3n) is 4.51. The fourth-order valence-corrected chi connectivity index (χ4v) is 3.73. The topological polar surface area (TPSA) is 76.9 Å². The van der Waals surface area contributed by atoms with Gasteiger partial charge in [-0.1, -0.05) is 30.3 Å². The number of carbonyl (C=O) groups is 2. The molecular formula is C21H17ClN4O2S. The van der Waals surface area contributed by atoms with Gasteiger partial charge in [0.1, 0.15) is 5.82 Å². The molecule has 1 aromatic carbocycles. The van der Waals surface area contributed by atoms with Crippen molar-refractivity contribution >= 4 is 52.5 Å². The fourth-order valence-electron chi connectivity index (χ4n) is 3.06. The largest absolute Gasteiger partial charge is 0.350 e. The van der Waals surface area contributed by atoms with Crippen molar-refractivity contribution in [3.63, 3.8) is 0 Å². The molecule has 1 amide bonds. The van der Waals surface area contributed by atoms with Crippen LogP contribution in [0.15, 0.2) is 47.9 Å². The number of nitrogens with one attached hydrogen (secondary N) is 1. The van der Waals surface area contributed by atoms with Crippen LogP contribution in [0.2, 0.25) is 5.02 Å². The zero-order chi connectivity index (χ0) is 20.5. The lowest BCUT2D eigenvalue weighted by molar-refractivity contribution is -0.110. The van der Waals surface area contributed by atoms with Crippen LogP contribution in [0.4, 0.5) is 5.82 Å². The van der Waals surface area contributed by atoms with E-state index in [1.54, 1.807) is 48.8 Å². The Kier molecular flexibility index (Phi) is 5.25. The van der Waals surface area contributed by atoms with Gasteiger partial charge in [-0.05, 0) is 42.2 Å². The van der Waals surface area contributed by atoms with Crippen molar-refractivity contribution in [2.45, 2.75) is 12.1 Å². The maximum absolute atomic E-state index is 12.7. The summed E-state index contributed by atoms with van der Waals surface area (Å²) < 4.78 is 1.81. The number of ketones is 1. The van der Waals surface area contributed by atoms with E-state index in [1.165, 1.54) is 11.8 Å². The molecule has 1 N–H and O–H groups in total. The first-order valence-corrected chi connectivity index (χ1v) is 10.3. The molecule has 29 heavy (non-hydrogen) atoms. The molecule has 0 aliphatic carbocycles. The first-order valence-electron chi connectivity index (χ1n) is 8.96. The van der Waals surface area contributed by atoms with Crippen LogP contribution < -0.4 is 5.32 Å². The lowest BCUT2D eigenvalue weighted by atomic mass is 10.1. The predicted molar refractivity (Wildman–Crippen MR) is 115 cm³/mol. The van der Waals surface area contributed by atoms with Gasteiger partial charge in [0.25, 0.3) is 5.91 Å². The van der Waals surface area contributed by atoms with Gasteiger partial charge in [-0.25, -0.2) is 9.97 Å². The highest BCUT2D eigenvalue weighted by molar-refractivity contribution is 7.99. The zero-order valence-corrected chi connectivity index (χ0v) is 17.3. The number of thioether (sulfide) groups is 1. The second-order valence-electron chi connectivity index (χ2n) is 6.46. The van der Waals surface area contributed by atoms with Gasteiger partial charge < -0.3 is 9.88 Å². The Morgan fingerprint density at radius 1 is 1.28 bits per heavy atom. The van der Waals surface area contributed by atoms with Crippen molar-refractivity contribution in [3.8, 4) is 0 Å². The number of rotatable bonds is 5. The number of fused-ring (bicyclic) bond motifs is 1. The monoisotopic (exact) mass is 424 g/mol. The number of hydrogen-bond acceptors (Lipinski definition) is 5. The number of halogens is 1. The van der Waals surface area contributed by atoms with E-state index in [2.05, 4.69) is 15.3 Å². The lowest BCUT2D eigenvalue weighted by Crippen LogP contribution is -2.04. The van der Waals surface area contributed by atoms with E-state index >= 15 is 0 Å². The molecule has 0 saturated carbocycles. The van der Waals surface area contributed by atoms with E-state index in [1.807, 2.05) is 18.5 Å². The molecule has 8 heteroatoms. The van der Waals surface area contributed by atoms with E-state index in [0.29, 0.717) is 38.3 Å². The van der Waals surface area contributed by atoms with Crippen molar-refractivity contribution in [2.24, 2.45) is 7.05 Å². The van der Waals surface area contributed by atoms with Gasteiger partial charge in [0.15, 0.2) is 10.9 Å². The van der Waals surface area contributed by atoms with E-state index in [9.17, 15) is 9.59 Å². The van der Waals surface area contributed by atoms with Gasteiger partial charge in [-0.2, -0.15) is 0 Å². The SMILES string of the molecule is CCSc1ncc2c(n1)NC(=O)C2=Cc1cc(C(=O)c2ccc(Cl)cc2)cn1C. The minimum Gasteiger partial charge on any atom is -0.350 e. The Morgan fingerprint density at radius 2 is 2.03 bits per heavy atom. The summed E-state index contributed by atoms with van der Waals surface area (Å²) in [6.07, 6.45) is 5.15. The van der Waals surface area contributed by atoms with Crippen LogP contribution in [0.3, 0.4) is 0 Å². The van der Waals surface area contributed by atoms with Gasteiger partial charge in [0, 0.05) is 46.8 Å². The van der Waals surface area contributed by atoms with Crippen LogP contribution in [-0.4, -0.2) is 32.0 Å². The first-order chi connectivity index (χ1) is 14.0. The molecule has 0 atom stereocenters. The molecule has 6 nitrogen and oxygen atoms in total. The molecule has 0 radical (unpaired) electrons. The molecule has 0 spiro atoms. The summed E-state index contributed by atoms with van der Waals surface area (Å²) >= 11 is 7.41. The number of nitrogens with zero attached hydrogens (tertiary/aromatic N) is 3. The first kappa shape index (κ1) is 19.4. The fraction of sp³-hybridized carbons (Fsp3) is 0.143. The van der Waals surface area contributed by atoms with Crippen LogP contribution in [0.1, 0.15) is 34.1 Å². The summed E-state index contributed by atoms with van der Waals surface area (Å²) in [6, 6.07) is 8.52. The number of aromatic nitrogens is 3. The number of carbonyl (C=O) groups excluding carboxylic acids is 2. The van der Waals surface area contributed by atoms with Crippen molar-refractivity contribution in [1.82, 2.24) is 14.5 Å². The van der Waals surface area contributed by atoms with Crippen molar-refractivity contribution in [1.29, 1.82) is 0 Å². The van der Waals surface area contributed by atoms with Crippen molar-refractivity contribution in [3.05, 3.63) is 70.1 Å². The summed E-state index contributed by atoms with van der Waals surface area (Å²) in [5.41, 5.74) is 2.94.